The summed E-state index contributed by atoms with van der Waals surface area (Å²) in [6.07, 6.45) is 5.25. The fraction of sp³-hybridized carbons (Fsp3) is 0.727. The Morgan fingerprint density at radius 2 is 2.53 bits per heavy atom. The number of hydrogen-bond donors (Lipinski definition) is 2. The number of aliphatic hydroxyl groups is 1. The number of rotatable bonds is 4. The Labute approximate surface area is 90.3 Å². The lowest BCUT2D eigenvalue weighted by atomic mass is 9.95. The number of aliphatic hydroxyl groups excluding tert-OH is 1. The Kier molecular flexibility index (Phi) is 3.75. The van der Waals surface area contributed by atoms with Crippen LogP contribution in [0.4, 0.5) is 0 Å². The van der Waals surface area contributed by atoms with Crippen LogP contribution in [-0.2, 0) is 6.54 Å². The standard InChI is InChI=1S/C11H19N3O/c15-7-4-10-2-1-6-14(8-10)9-11-3-5-12-13-11/h3,5,10,15H,1-2,4,6-9H2,(H,12,13). The molecule has 4 nitrogen and oxygen atoms in total. The molecule has 1 unspecified atom stereocenters. The van der Waals surface area contributed by atoms with Crippen LogP contribution in [0, 0.1) is 5.92 Å². The Bertz CT molecular complexity index is 271. The van der Waals surface area contributed by atoms with Gasteiger partial charge in [-0.15, -0.1) is 0 Å². The Morgan fingerprint density at radius 1 is 1.60 bits per heavy atom. The summed E-state index contributed by atoms with van der Waals surface area (Å²) in [6.45, 7) is 3.56. The van der Waals surface area contributed by atoms with Crippen LogP contribution in [0.25, 0.3) is 0 Å². The van der Waals surface area contributed by atoms with E-state index in [-0.39, 0.29) is 0 Å². The monoisotopic (exact) mass is 209 g/mol. The third-order valence-corrected chi connectivity index (χ3v) is 3.09. The number of aromatic amines is 1. The van der Waals surface area contributed by atoms with E-state index in [1.54, 1.807) is 6.20 Å². The second-order valence-corrected chi connectivity index (χ2v) is 4.34. The van der Waals surface area contributed by atoms with Gasteiger partial charge in [-0.2, -0.15) is 5.10 Å². The number of likely N-dealkylation sites (tertiary alicyclic amines) is 1. The number of nitrogens with zero attached hydrogens (tertiary/aromatic N) is 2. The number of hydrogen-bond acceptors (Lipinski definition) is 3. The van der Waals surface area contributed by atoms with Gasteiger partial charge in [-0.25, -0.2) is 0 Å². The Hall–Kier alpha value is -0.870. The zero-order valence-corrected chi connectivity index (χ0v) is 9.02. The molecule has 0 aliphatic carbocycles. The molecule has 0 aromatic carbocycles. The van der Waals surface area contributed by atoms with Gasteiger partial charge in [-0.1, -0.05) is 0 Å². The molecule has 4 heteroatoms. The maximum Gasteiger partial charge on any atom is 0.0492 e. The first-order valence-corrected chi connectivity index (χ1v) is 5.70. The van der Waals surface area contributed by atoms with E-state index in [2.05, 4.69) is 15.1 Å². The van der Waals surface area contributed by atoms with Gasteiger partial charge < -0.3 is 5.11 Å². The molecule has 2 rings (SSSR count). The zero-order chi connectivity index (χ0) is 10.5. The van der Waals surface area contributed by atoms with Gasteiger partial charge in [-0.3, -0.25) is 10.00 Å². The van der Waals surface area contributed by atoms with Crippen LogP contribution < -0.4 is 0 Å². The van der Waals surface area contributed by atoms with Crippen molar-refractivity contribution in [3.8, 4) is 0 Å². The lowest BCUT2D eigenvalue weighted by Crippen LogP contribution is -2.35. The van der Waals surface area contributed by atoms with Crippen LogP contribution >= 0.6 is 0 Å². The first kappa shape index (κ1) is 10.6. The molecule has 1 aliphatic heterocycles. The molecule has 0 saturated carbocycles. The average Bonchev–Trinajstić information content (AvgIpc) is 2.71. The van der Waals surface area contributed by atoms with Crippen LogP contribution in [0.3, 0.4) is 0 Å². The van der Waals surface area contributed by atoms with Gasteiger partial charge in [0.2, 0.25) is 0 Å². The quantitative estimate of drug-likeness (QED) is 0.778. The van der Waals surface area contributed by atoms with Crippen LogP contribution in [0.15, 0.2) is 12.3 Å². The van der Waals surface area contributed by atoms with Crippen molar-refractivity contribution >= 4 is 0 Å². The molecule has 15 heavy (non-hydrogen) atoms. The molecule has 0 radical (unpaired) electrons. The lowest BCUT2D eigenvalue weighted by Gasteiger charge is -2.32. The Morgan fingerprint density at radius 3 is 3.27 bits per heavy atom. The van der Waals surface area contributed by atoms with E-state index >= 15 is 0 Å². The summed E-state index contributed by atoms with van der Waals surface area (Å²) in [5, 5.41) is 15.9. The second-order valence-electron chi connectivity index (χ2n) is 4.34. The smallest absolute Gasteiger partial charge is 0.0492 e. The summed E-state index contributed by atoms with van der Waals surface area (Å²) in [4.78, 5) is 2.44. The van der Waals surface area contributed by atoms with Crippen molar-refractivity contribution in [3.05, 3.63) is 18.0 Å². The van der Waals surface area contributed by atoms with Crippen molar-refractivity contribution < 1.29 is 5.11 Å². The number of nitrogens with one attached hydrogen (secondary N) is 1. The summed E-state index contributed by atoms with van der Waals surface area (Å²) >= 11 is 0. The maximum absolute atomic E-state index is 8.93. The molecule has 0 bridgehead atoms. The van der Waals surface area contributed by atoms with Gasteiger partial charge in [0.25, 0.3) is 0 Å². The third-order valence-electron chi connectivity index (χ3n) is 3.09. The van der Waals surface area contributed by atoms with Gasteiger partial charge in [0.15, 0.2) is 0 Å². The topological polar surface area (TPSA) is 52.1 Å². The molecule has 2 heterocycles. The van der Waals surface area contributed by atoms with Crippen molar-refractivity contribution in [1.29, 1.82) is 0 Å². The minimum absolute atomic E-state index is 0.322. The molecule has 1 saturated heterocycles. The second kappa shape index (κ2) is 5.28. The van der Waals surface area contributed by atoms with E-state index in [1.165, 1.54) is 25.1 Å². The average molecular weight is 209 g/mol. The highest BCUT2D eigenvalue weighted by Crippen LogP contribution is 2.20. The van der Waals surface area contributed by atoms with E-state index < -0.39 is 0 Å². The summed E-state index contributed by atoms with van der Waals surface area (Å²) in [6, 6.07) is 2.02. The normalized spacial score (nSPS) is 23.1. The van der Waals surface area contributed by atoms with E-state index in [0.717, 1.165) is 19.5 Å². The Balaban J connectivity index is 1.82. The molecule has 2 N–H and O–H groups in total. The summed E-state index contributed by atoms with van der Waals surface area (Å²) in [5.74, 6) is 0.673. The van der Waals surface area contributed by atoms with Gasteiger partial charge >= 0.3 is 0 Å². The zero-order valence-electron chi connectivity index (χ0n) is 9.02. The highest BCUT2D eigenvalue weighted by molar-refractivity contribution is 4.97. The highest BCUT2D eigenvalue weighted by Gasteiger charge is 2.19. The largest absolute Gasteiger partial charge is 0.396 e. The number of H-pyrrole nitrogens is 1. The summed E-state index contributed by atoms with van der Waals surface area (Å²) in [5.41, 5.74) is 1.18. The molecule has 1 aromatic heterocycles. The predicted octanol–water partition coefficient (Wildman–Crippen LogP) is 1.00. The molecule has 0 spiro atoms. The first-order valence-electron chi connectivity index (χ1n) is 5.70. The van der Waals surface area contributed by atoms with Gasteiger partial charge in [0, 0.05) is 31.6 Å². The van der Waals surface area contributed by atoms with Crippen molar-refractivity contribution in [2.75, 3.05) is 19.7 Å². The molecule has 0 amide bonds. The van der Waals surface area contributed by atoms with E-state index in [9.17, 15) is 0 Å². The van der Waals surface area contributed by atoms with E-state index in [4.69, 9.17) is 5.11 Å². The van der Waals surface area contributed by atoms with Gasteiger partial charge in [0.05, 0.1) is 0 Å². The number of aromatic nitrogens is 2. The minimum atomic E-state index is 0.322. The lowest BCUT2D eigenvalue weighted by molar-refractivity contribution is 0.141. The van der Waals surface area contributed by atoms with Crippen molar-refractivity contribution in [2.24, 2.45) is 5.92 Å². The molecule has 84 valence electrons. The molecule has 1 atom stereocenters. The van der Waals surface area contributed by atoms with Gasteiger partial charge in [-0.05, 0) is 37.8 Å². The van der Waals surface area contributed by atoms with Gasteiger partial charge in [0.1, 0.15) is 0 Å². The molecule has 1 aromatic rings. The maximum atomic E-state index is 8.93. The molecular formula is C11H19N3O. The fourth-order valence-corrected chi connectivity index (χ4v) is 2.33. The third kappa shape index (κ3) is 3.04. The van der Waals surface area contributed by atoms with E-state index in [1.807, 2.05) is 6.07 Å². The predicted molar refractivity (Wildman–Crippen MR) is 58.3 cm³/mol. The summed E-state index contributed by atoms with van der Waals surface area (Å²) in [7, 11) is 0. The molecule has 1 fully saturated rings. The van der Waals surface area contributed by atoms with Crippen molar-refractivity contribution in [1.82, 2.24) is 15.1 Å². The van der Waals surface area contributed by atoms with Crippen LogP contribution in [0.5, 0.6) is 0 Å². The number of piperidine rings is 1. The van der Waals surface area contributed by atoms with Crippen molar-refractivity contribution in [3.63, 3.8) is 0 Å². The van der Waals surface area contributed by atoms with E-state index in [0.29, 0.717) is 12.5 Å². The van der Waals surface area contributed by atoms with Crippen LogP contribution in [-0.4, -0.2) is 39.9 Å². The van der Waals surface area contributed by atoms with Crippen molar-refractivity contribution in [2.45, 2.75) is 25.8 Å². The highest BCUT2D eigenvalue weighted by atomic mass is 16.3. The first-order chi connectivity index (χ1) is 7.38. The van der Waals surface area contributed by atoms with Crippen LogP contribution in [0.1, 0.15) is 25.0 Å². The fourth-order valence-electron chi connectivity index (χ4n) is 2.33. The summed E-state index contributed by atoms with van der Waals surface area (Å²) < 4.78 is 0. The minimum Gasteiger partial charge on any atom is -0.396 e. The molecular weight excluding hydrogens is 190 g/mol. The SMILES string of the molecule is OCCC1CCCN(Cc2ccn[nH]2)C1. The van der Waals surface area contributed by atoms with Crippen LogP contribution in [0.2, 0.25) is 0 Å². The molecule has 1 aliphatic rings.